The van der Waals surface area contributed by atoms with Crippen LogP contribution in [0, 0.1) is 0 Å². The number of hydrogen-bond acceptors (Lipinski definition) is 4. The Kier molecular flexibility index (Phi) is 8.02. The Morgan fingerprint density at radius 3 is 2.21 bits per heavy atom. The van der Waals surface area contributed by atoms with E-state index >= 15 is 0 Å². The number of carbonyl (C=O) groups excluding carboxylic acids is 2. The van der Waals surface area contributed by atoms with E-state index in [-0.39, 0.29) is 32.1 Å². The third-order valence-electron chi connectivity index (χ3n) is 2.11. The van der Waals surface area contributed by atoms with Crippen LogP contribution in [0.2, 0.25) is 0 Å². The van der Waals surface area contributed by atoms with E-state index in [2.05, 4.69) is 16.0 Å². The molecule has 5 N–H and O–H groups in total. The molecule has 0 rings (SSSR count). The minimum atomic E-state index is -1.22. The van der Waals surface area contributed by atoms with Crippen LogP contribution in [0.3, 0.4) is 0 Å². The van der Waals surface area contributed by atoms with Crippen molar-refractivity contribution >= 4 is 18.0 Å². The molecular formula is C10H20N4O5. The standard InChI is InChI=1S/C10H20N4O5/c1-14(2)10(19)12-5-4-11-9(18)13-7(3-6-15)8(16)17/h7,15H,3-6H2,1-2H3,(H,12,19)(H,16,17)(H2,11,13,18)/t7-/m0/s1. The largest absolute Gasteiger partial charge is 0.480 e. The molecule has 0 aliphatic heterocycles. The maximum Gasteiger partial charge on any atom is 0.326 e. The van der Waals surface area contributed by atoms with Gasteiger partial charge in [0.25, 0.3) is 0 Å². The zero-order valence-electron chi connectivity index (χ0n) is 11.0. The highest BCUT2D eigenvalue weighted by Crippen LogP contribution is 1.90. The predicted molar refractivity (Wildman–Crippen MR) is 66.7 cm³/mol. The number of carboxylic acids is 1. The Balaban J connectivity index is 3.86. The fourth-order valence-corrected chi connectivity index (χ4v) is 1.10. The van der Waals surface area contributed by atoms with Crippen molar-refractivity contribution in [3.8, 4) is 0 Å². The van der Waals surface area contributed by atoms with Crippen LogP contribution >= 0.6 is 0 Å². The summed E-state index contributed by atoms with van der Waals surface area (Å²) in [7, 11) is 3.17. The number of aliphatic hydroxyl groups excluding tert-OH is 1. The minimum absolute atomic E-state index is 0.0693. The lowest BCUT2D eigenvalue weighted by atomic mass is 10.2. The number of carbonyl (C=O) groups is 3. The number of carboxylic acid groups (broad SMARTS) is 1. The van der Waals surface area contributed by atoms with Gasteiger partial charge in [0.1, 0.15) is 6.04 Å². The van der Waals surface area contributed by atoms with Gasteiger partial charge in [0, 0.05) is 40.2 Å². The average molecular weight is 276 g/mol. The molecule has 110 valence electrons. The van der Waals surface area contributed by atoms with E-state index in [9.17, 15) is 14.4 Å². The number of urea groups is 2. The molecule has 0 radical (unpaired) electrons. The van der Waals surface area contributed by atoms with E-state index < -0.39 is 18.0 Å². The Morgan fingerprint density at radius 1 is 1.16 bits per heavy atom. The zero-order valence-corrected chi connectivity index (χ0v) is 11.0. The minimum Gasteiger partial charge on any atom is -0.480 e. The molecule has 9 nitrogen and oxygen atoms in total. The summed E-state index contributed by atoms with van der Waals surface area (Å²) < 4.78 is 0. The summed E-state index contributed by atoms with van der Waals surface area (Å²) in [5, 5.41) is 24.5. The summed E-state index contributed by atoms with van der Waals surface area (Å²) in [5.74, 6) is -1.22. The lowest BCUT2D eigenvalue weighted by Gasteiger charge is -2.15. The van der Waals surface area contributed by atoms with Crippen LogP contribution in [0.15, 0.2) is 0 Å². The highest BCUT2D eigenvalue weighted by atomic mass is 16.4. The second kappa shape index (κ2) is 8.97. The van der Waals surface area contributed by atoms with E-state index in [1.54, 1.807) is 14.1 Å². The average Bonchev–Trinajstić information content (AvgIpc) is 2.33. The van der Waals surface area contributed by atoms with Gasteiger partial charge in [-0.3, -0.25) is 0 Å². The van der Waals surface area contributed by atoms with Gasteiger partial charge in [0.15, 0.2) is 0 Å². The van der Waals surface area contributed by atoms with E-state index in [0.717, 1.165) is 0 Å². The quantitative estimate of drug-likeness (QED) is 0.357. The molecule has 0 aromatic rings. The van der Waals surface area contributed by atoms with Crippen molar-refractivity contribution in [2.24, 2.45) is 0 Å². The van der Waals surface area contributed by atoms with Crippen LogP contribution in [0.25, 0.3) is 0 Å². The normalized spacial score (nSPS) is 11.3. The van der Waals surface area contributed by atoms with Gasteiger partial charge >= 0.3 is 18.0 Å². The lowest BCUT2D eigenvalue weighted by Crippen LogP contribution is -2.48. The van der Waals surface area contributed by atoms with Gasteiger partial charge in [-0.05, 0) is 0 Å². The summed E-state index contributed by atoms with van der Waals surface area (Å²) in [5.41, 5.74) is 0. The van der Waals surface area contributed by atoms with Crippen molar-refractivity contribution in [1.82, 2.24) is 20.9 Å². The first kappa shape index (κ1) is 17.0. The molecule has 19 heavy (non-hydrogen) atoms. The Morgan fingerprint density at radius 2 is 1.74 bits per heavy atom. The highest BCUT2D eigenvalue weighted by Gasteiger charge is 2.18. The summed E-state index contributed by atoms with van der Waals surface area (Å²) in [6, 6.07) is -2.09. The molecule has 0 fully saturated rings. The second-order valence-corrected chi connectivity index (χ2v) is 3.93. The van der Waals surface area contributed by atoms with Gasteiger partial charge in [-0.15, -0.1) is 0 Å². The first-order valence-electron chi connectivity index (χ1n) is 5.71. The summed E-state index contributed by atoms with van der Waals surface area (Å²) >= 11 is 0. The smallest absolute Gasteiger partial charge is 0.326 e. The molecular weight excluding hydrogens is 256 g/mol. The molecule has 1 atom stereocenters. The zero-order chi connectivity index (χ0) is 14.8. The van der Waals surface area contributed by atoms with E-state index in [4.69, 9.17) is 10.2 Å². The molecule has 0 aliphatic rings. The second-order valence-electron chi connectivity index (χ2n) is 3.93. The molecule has 4 amide bonds. The molecule has 0 unspecified atom stereocenters. The highest BCUT2D eigenvalue weighted by molar-refractivity contribution is 5.82. The van der Waals surface area contributed by atoms with Gasteiger partial charge in [-0.2, -0.15) is 0 Å². The van der Waals surface area contributed by atoms with Crippen LogP contribution in [-0.2, 0) is 4.79 Å². The van der Waals surface area contributed by atoms with Crippen LogP contribution in [0.5, 0.6) is 0 Å². The van der Waals surface area contributed by atoms with Gasteiger partial charge in [-0.25, -0.2) is 14.4 Å². The maximum atomic E-state index is 11.3. The van der Waals surface area contributed by atoms with Gasteiger partial charge in [0.2, 0.25) is 0 Å². The Hall–Kier alpha value is -2.03. The third-order valence-corrected chi connectivity index (χ3v) is 2.11. The molecule has 0 spiro atoms. The van der Waals surface area contributed by atoms with Gasteiger partial charge < -0.3 is 31.1 Å². The molecule has 9 heteroatoms. The van der Waals surface area contributed by atoms with Crippen LogP contribution < -0.4 is 16.0 Å². The Bertz CT molecular complexity index is 321. The van der Waals surface area contributed by atoms with Crippen molar-refractivity contribution in [2.75, 3.05) is 33.8 Å². The van der Waals surface area contributed by atoms with Crippen LogP contribution in [0.1, 0.15) is 6.42 Å². The van der Waals surface area contributed by atoms with Crippen molar-refractivity contribution < 1.29 is 24.6 Å². The first-order valence-corrected chi connectivity index (χ1v) is 5.71. The number of nitrogens with zero attached hydrogens (tertiary/aromatic N) is 1. The summed E-state index contributed by atoms with van der Waals surface area (Å²) in [4.78, 5) is 34.5. The maximum absolute atomic E-state index is 11.3. The Labute approximate surface area is 111 Å². The SMILES string of the molecule is CN(C)C(=O)NCCNC(=O)N[C@@H](CCO)C(=O)O. The van der Waals surface area contributed by atoms with E-state index in [1.165, 1.54) is 4.90 Å². The fourth-order valence-electron chi connectivity index (χ4n) is 1.10. The number of hydrogen-bond donors (Lipinski definition) is 5. The van der Waals surface area contributed by atoms with E-state index in [0.29, 0.717) is 0 Å². The van der Waals surface area contributed by atoms with Gasteiger partial charge in [0.05, 0.1) is 0 Å². The van der Waals surface area contributed by atoms with Crippen LogP contribution in [-0.4, -0.2) is 73.0 Å². The first-order chi connectivity index (χ1) is 8.88. The number of amides is 4. The molecule has 0 aliphatic carbocycles. The number of rotatable bonds is 7. The molecule has 0 bridgehead atoms. The predicted octanol–water partition coefficient (Wildman–Crippen LogP) is -1.61. The summed E-state index contributed by atoms with van der Waals surface area (Å²) in [6.07, 6.45) is -0.0693. The van der Waals surface area contributed by atoms with Crippen molar-refractivity contribution in [3.63, 3.8) is 0 Å². The monoisotopic (exact) mass is 276 g/mol. The van der Waals surface area contributed by atoms with Crippen molar-refractivity contribution in [1.29, 1.82) is 0 Å². The lowest BCUT2D eigenvalue weighted by molar-refractivity contribution is -0.139. The fraction of sp³-hybridized carbons (Fsp3) is 0.700. The summed E-state index contributed by atoms with van der Waals surface area (Å²) in [6.45, 7) is 0.0508. The van der Waals surface area contributed by atoms with Crippen LogP contribution in [0.4, 0.5) is 9.59 Å². The van der Waals surface area contributed by atoms with Crippen molar-refractivity contribution in [2.45, 2.75) is 12.5 Å². The molecule has 0 heterocycles. The topological polar surface area (TPSA) is 131 Å². The molecule has 0 aromatic carbocycles. The molecule has 0 aromatic heterocycles. The third kappa shape index (κ3) is 7.82. The molecule has 0 saturated carbocycles. The van der Waals surface area contributed by atoms with Crippen molar-refractivity contribution in [3.05, 3.63) is 0 Å². The number of aliphatic hydroxyl groups is 1. The van der Waals surface area contributed by atoms with Gasteiger partial charge in [-0.1, -0.05) is 0 Å². The van der Waals surface area contributed by atoms with E-state index in [1.807, 2.05) is 0 Å². The molecule has 0 saturated heterocycles. The number of nitrogens with one attached hydrogen (secondary N) is 3. The number of aliphatic carboxylic acids is 1.